The minimum Gasteiger partial charge on any atom is -0.486 e. The van der Waals surface area contributed by atoms with Gasteiger partial charge in [0, 0.05) is 0 Å². The minimum absolute atomic E-state index is 0.0777. The van der Waals surface area contributed by atoms with Crippen molar-refractivity contribution in [3.8, 4) is 5.75 Å². The van der Waals surface area contributed by atoms with Crippen molar-refractivity contribution in [1.29, 1.82) is 0 Å². The van der Waals surface area contributed by atoms with Gasteiger partial charge >= 0.3 is 6.09 Å². The number of benzene rings is 3. The molecule has 7 heteroatoms. The van der Waals surface area contributed by atoms with Crippen molar-refractivity contribution >= 4 is 33.3 Å². The molecule has 0 fully saturated rings. The Morgan fingerprint density at radius 3 is 2.53 bits per heavy atom. The summed E-state index contributed by atoms with van der Waals surface area (Å²) in [5.41, 5.74) is 3.59. The van der Waals surface area contributed by atoms with E-state index >= 15 is 0 Å². The van der Waals surface area contributed by atoms with E-state index in [1.807, 2.05) is 73.7 Å². The number of amides is 1. The van der Waals surface area contributed by atoms with Crippen LogP contribution in [0.15, 0.2) is 72.8 Å². The first-order valence-electron chi connectivity index (χ1n) is 10.2. The molecule has 1 amide bonds. The van der Waals surface area contributed by atoms with Gasteiger partial charge in [0.05, 0.1) is 29.6 Å². The number of aryl methyl sites for hydroxylation is 1. The van der Waals surface area contributed by atoms with Crippen LogP contribution in [0, 0.1) is 6.92 Å². The third-order valence-corrected chi connectivity index (χ3v) is 5.90. The molecule has 0 aliphatic heterocycles. The standard InChI is InChI=1S/C25H24N2O4S/c1-18-14-20(31-16-24-26-21-10-6-7-11-23(21)32-24)12-13-22(18)27(25(28)29-2)17-30-15-19-8-4-3-5-9-19/h3-14H,15-17H2,1-2H3. The molecule has 0 radical (unpaired) electrons. The summed E-state index contributed by atoms with van der Waals surface area (Å²) in [7, 11) is 1.36. The van der Waals surface area contributed by atoms with Crippen molar-refractivity contribution < 1.29 is 19.0 Å². The molecular formula is C25H24N2O4S. The third kappa shape index (κ3) is 5.25. The molecule has 0 aliphatic rings. The number of hydrogen-bond donors (Lipinski definition) is 0. The number of aromatic nitrogens is 1. The number of methoxy groups -OCH3 is 1. The largest absolute Gasteiger partial charge is 0.486 e. The quantitative estimate of drug-likeness (QED) is 0.313. The van der Waals surface area contributed by atoms with Crippen LogP contribution in [-0.2, 0) is 22.7 Å². The SMILES string of the molecule is COC(=O)N(COCc1ccccc1)c1ccc(OCc2nc3ccccc3s2)cc1C. The topological polar surface area (TPSA) is 60.9 Å². The number of para-hydroxylation sites is 1. The number of hydrogen-bond acceptors (Lipinski definition) is 6. The zero-order valence-electron chi connectivity index (χ0n) is 18.0. The Bertz CT molecular complexity index is 1160. The molecule has 0 saturated carbocycles. The van der Waals surface area contributed by atoms with E-state index < -0.39 is 6.09 Å². The van der Waals surface area contributed by atoms with Crippen LogP contribution in [-0.4, -0.2) is 24.9 Å². The number of fused-ring (bicyclic) bond motifs is 1. The molecule has 4 aromatic rings. The number of anilines is 1. The lowest BCUT2D eigenvalue weighted by molar-refractivity contribution is 0.111. The fourth-order valence-electron chi connectivity index (χ4n) is 3.31. The molecule has 1 aromatic heterocycles. The van der Waals surface area contributed by atoms with Crippen LogP contribution in [0.5, 0.6) is 5.75 Å². The predicted molar refractivity (Wildman–Crippen MR) is 126 cm³/mol. The highest BCUT2D eigenvalue weighted by molar-refractivity contribution is 7.18. The monoisotopic (exact) mass is 448 g/mol. The molecular weight excluding hydrogens is 424 g/mol. The number of ether oxygens (including phenoxy) is 3. The number of nitrogens with zero attached hydrogens (tertiary/aromatic N) is 2. The van der Waals surface area contributed by atoms with Crippen molar-refractivity contribution in [2.75, 3.05) is 18.7 Å². The molecule has 4 rings (SSSR count). The zero-order chi connectivity index (χ0) is 22.3. The van der Waals surface area contributed by atoms with Crippen LogP contribution in [0.1, 0.15) is 16.1 Å². The Balaban J connectivity index is 1.42. The molecule has 6 nitrogen and oxygen atoms in total. The van der Waals surface area contributed by atoms with Crippen LogP contribution >= 0.6 is 11.3 Å². The van der Waals surface area contributed by atoms with E-state index in [2.05, 4.69) is 11.1 Å². The Labute approximate surface area is 191 Å². The van der Waals surface area contributed by atoms with Crippen LogP contribution in [0.2, 0.25) is 0 Å². The molecule has 0 atom stereocenters. The number of carbonyl (C=O) groups excluding carboxylic acids is 1. The van der Waals surface area contributed by atoms with Gasteiger partial charge in [0.1, 0.15) is 24.1 Å². The molecule has 0 aliphatic carbocycles. The van der Waals surface area contributed by atoms with Crippen molar-refractivity contribution in [3.05, 3.63) is 88.9 Å². The first-order chi connectivity index (χ1) is 15.6. The lowest BCUT2D eigenvalue weighted by Gasteiger charge is -2.23. The number of rotatable bonds is 8. The summed E-state index contributed by atoms with van der Waals surface area (Å²) in [6, 6.07) is 23.4. The van der Waals surface area contributed by atoms with Crippen molar-refractivity contribution in [1.82, 2.24) is 4.98 Å². The van der Waals surface area contributed by atoms with Crippen LogP contribution < -0.4 is 9.64 Å². The highest BCUT2D eigenvalue weighted by Crippen LogP contribution is 2.27. The van der Waals surface area contributed by atoms with Crippen LogP contribution in [0.25, 0.3) is 10.2 Å². The molecule has 0 spiro atoms. The van der Waals surface area contributed by atoms with Gasteiger partial charge in [0.25, 0.3) is 0 Å². The average Bonchev–Trinajstić information content (AvgIpc) is 3.24. The summed E-state index contributed by atoms with van der Waals surface area (Å²) in [4.78, 5) is 18.4. The first-order valence-corrected chi connectivity index (χ1v) is 11.0. The summed E-state index contributed by atoms with van der Waals surface area (Å²) in [6.45, 7) is 2.79. The van der Waals surface area contributed by atoms with E-state index in [1.165, 1.54) is 12.0 Å². The summed E-state index contributed by atoms with van der Waals surface area (Å²) in [5.74, 6) is 0.709. The van der Waals surface area contributed by atoms with E-state index in [0.717, 1.165) is 26.4 Å². The van der Waals surface area contributed by atoms with E-state index in [4.69, 9.17) is 14.2 Å². The Morgan fingerprint density at radius 2 is 1.78 bits per heavy atom. The van der Waals surface area contributed by atoms with Crippen molar-refractivity contribution in [2.24, 2.45) is 0 Å². The molecule has 0 unspecified atom stereocenters. The van der Waals surface area contributed by atoms with Gasteiger partial charge in [-0.3, -0.25) is 4.90 Å². The van der Waals surface area contributed by atoms with Gasteiger partial charge in [-0.05, 0) is 48.4 Å². The molecule has 164 valence electrons. The Hall–Kier alpha value is -3.42. The molecule has 0 bridgehead atoms. The van der Waals surface area contributed by atoms with E-state index in [0.29, 0.717) is 24.7 Å². The van der Waals surface area contributed by atoms with Gasteiger partial charge in [-0.1, -0.05) is 42.5 Å². The van der Waals surface area contributed by atoms with Crippen LogP contribution in [0.4, 0.5) is 10.5 Å². The van der Waals surface area contributed by atoms with Crippen LogP contribution in [0.3, 0.4) is 0 Å². The molecule has 0 N–H and O–H groups in total. The summed E-state index contributed by atoms with van der Waals surface area (Å²) in [6.07, 6.45) is -0.482. The summed E-state index contributed by atoms with van der Waals surface area (Å²) < 4.78 is 17.8. The smallest absolute Gasteiger partial charge is 0.415 e. The maximum absolute atomic E-state index is 12.4. The maximum atomic E-state index is 12.4. The molecule has 0 saturated heterocycles. The van der Waals surface area contributed by atoms with Gasteiger partial charge in [-0.15, -0.1) is 11.3 Å². The second kappa shape index (κ2) is 10.3. The van der Waals surface area contributed by atoms with Gasteiger partial charge in [0.2, 0.25) is 0 Å². The van der Waals surface area contributed by atoms with Gasteiger partial charge in [-0.2, -0.15) is 0 Å². The van der Waals surface area contributed by atoms with Gasteiger partial charge in [0.15, 0.2) is 0 Å². The summed E-state index contributed by atoms with van der Waals surface area (Å²) in [5, 5.41) is 0.915. The normalized spacial score (nSPS) is 10.8. The second-order valence-corrected chi connectivity index (χ2v) is 8.29. The van der Waals surface area contributed by atoms with Crippen molar-refractivity contribution in [2.45, 2.75) is 20.1 Å². The second-order valence-electron chi connectivity index (χ2n) is 7.17. The number of carbonyl (C=O) groups is 1. The summed E-state index contributed by atoms with van der Waals surface area (Å²) >= 11 is 1.62. The highest BCUT2D eigenvalue weighted by atomic mass is 32.1. The Morgan fingerprint density at radius 1 is 1.00 bits per heavy atom. The third-order valence-electron chi connectivity index (χ3n) is 4.89. The predicted octanol–water partition coefficient (Wildman–Crippen LogP) is 5.93. The van der Waals surface area contributed by atoms with E-state index in [1.54, 1.807) is 11.3 Å². The fraction of sp³-hybridized carbons (Fsp3) is 0.200. The van der Waals surface area contributed by atoms with Gasteiger partial charge < -0.3 is 14.2 Å². The molecule has 1 heterocycles. The zero-order valence-corrected chi connectivity index (χ0v) is 18.8. The molecule has 32 heavy (non-hydrogen) atoms. The molecule has 3 aromatic carbocycles. The highest BCUT2D eigenvalue weighted by Gasteiger charge is 2.19. The number of thiazole rings is 1. The lowest BCUT2D eigenvalue weighted by atomic mass is 10.2. The lowest BCUT2D eigenvalue weighted by Crippen LogP contribution is -2.33. The van der Waals surface area contributed by atoms with Gasteiger partial charge in [-0.25, -0.2) is 9.78 Å². The van der Waals surface area contributed by atoms with Crippen molar-refractivity contribution in [3.63, 3.8) is 0 Å². The van der Waals surface area contributed by atoms with E-state index in [-0.39, 0.29) is 6.73 Å². The average molecular weight is 449 g/mol. The minimum atomic E-state index is -0.482. The fourth-order valence-corrected chi connectivity index (χ4v) is 4.19. The first kappa shape index (κ1) is 21.8. The maximum Gasteiger partial charge on any atom is 0.415 e. The van der Waals surface area contributed by atoms with E-state index in [9.17, 15) is 4.79 Å². The Kier molecular flexibility index (Phi) is 6.99.